The molecule has 0 spiro atoms. The molecule has 2 fully saturated rings. The average Bonchev–Trinajstić information content (AvgIpc) is 3.35. The number of carbonyl (C=O) groups is 1. The van der Waals surface area contributed by atoms with E-state index in [1.165, 1.54) is 0 Å². The van der Waals surface area contributed by atoms with Crippen LogP contribution >= 0.6 is 11.6 Å². The molecule has 2 unspecified atom stereocenters. The molecular formula is C22H30ClN5O3S. The lowest BCUT2D eigenvalue weighted by atomic mass is 10.0. The molecule has 2 saturated heterocycles. The Bertz CT molecular complexity index is 1130. The maximum atomic E-state index is 13.2. The van der Waals surface area contributed by atoms with Crippen molar-refractivity contribution in [3.05, 3.63) is 40.2 Å². The van der Waals surface area contributed by atoms with E-state index in [1.54, 1.807) is 35.9 Å². The van der Waals surface area contributed by atoms with Crippen LogP contribution in [0.1, 0.15) is 23.4 Å². The summed E-state index contributed by atoms with van der Waals surface area (Å²) < 4.78 is 29.7. The first-order valence-electron chi connectivity index (χ1n) is 10.8. The van der Waals surface area contributed by atoms with E-state index < -0.39 is 10.0 Å². The standard InChI is InChI=1S/C22H30ClN5O3S/c1-14-5-6-19(9-20(14)23)24-21(29)7-8-27-10-17-12-28(13-18(17)11-27)32(30,31)22-15(2)25-26(4)16(22)3/h5-6,9,17-18H,7-8,10-13H2,1-4H3,(H,24,29). The number of rotatable bonds is 6. The van der Waals surface area contributed by atoms with Gasteiger partial charge in [0.15, 0.2) is 0 Å². The molecule has 3 heterocycles. The monoisotopic (exact) mass is 479 g/mol. The summed E-state index contributed by atoms with van der Waals surface area (Å²) in [7, 11) is -1.78. The molecule has 0 radical (unpaired) electrons. The molecule has 0 aliphatic carbocycles. The van der Waals surface area contributed by atoms with Crippen molar-refractivity contribution < 1.29 is 13.2 Å². The molecule has 2 atom stereocenters. The lowest BCUT2D eigenvalue weighted by Crippen LogP contribution is -2.34. The number of hydrogen-bond donors (Lipinski definition) is 1. The molecule has 4 rings (SSSR count). The highest BCUT2D eigenvalue weighted by molar-refractivity contribution is 7.89. The number of benzene rings is 1. The van der Waals surface area contributed by atoms with Crippen molar-refractivity contribution in [3.8, 4) is 0 Å². The van der Waals surface area contributed by atoms with Gasteiger partial charge in [-0.1, -0.05) is 17.7 Å². The second-order valence-electron chi connectivity index (χ2n) is 8.99. The van der Waals surface area contributed by atoms with Gasteiger partial charge < -0.3 is 10.2 Å². The maximum Gasteiger partial charge on any atom is 0.246 e. The van der Waals surface area contributed by atoms with Crippen LogP contribution in [0.2, 0.25) is 5.02 Å². The summed E-state index contributed by atoms with van der Waals surface area (Å²) in [5.74, 6) is 0.538. The predicted molar refractivity (Wildman–Crippen MR) is 124 cm³/mol. The largest absolute Gasteiger partial charge is 0.326 e. The number of halogens is 1. The smallest absolute Gasteiger partial charge is 0.246 e. The van der Waals surface area contributed by atoms with Crippen molar-refractivity contribution in [1.82, 2.24) is 19.0 Å². The Morgan fingerprint density at radius 3 is 2.38 bits per heavy atom. The minimum Gasteiger partial charge on any atom is -0.326 e. The van der Waals surface area contributed by atoms with Gasteiger partial charge >= 0.3 is 0 Å². The summed E-state index contributed by atoms with van der Waals surface area (Å²) in [4.78, 5) is 14.9. The summed E-state index contributed by atoms with van der Waals surface area (Å²) in [6.45, 7) is 8.78. The van der Waals surface area contributed by atoms with E-state index >= 15 is 0 Å². The van der Waals surface area contributed by atoms with Crippen LogP contribution in [-0.2, 0) is 21.9 Å². The summed E-state index contributed by atoms with van der Waals surface area (Å²) in [5.41, 5.74) is 2.88. The van der Waals surface area contributed by atoms with Crippen molar-refractivity contribution in [2.75, 3.05) is 38.0 Å². The molecule has 2 aromatic rings. The van der Waals surface area contributed by atoms with E-state index in [1.807, 2.05) is 19.1 Å². The number of hydrogen-bond acceptors (Lipinski definition) is 5. The number of nitrogens with zero attached hydrogens (tertiary/aromatic N) is 4. The molecule has 1 N–H and O–H groups in total. The van der Waals surface area contributed by atoms with Gasteiger partial charge in [-0.25, -0.2) is 8.42 Å². The lowest BCUT2D eigenvalue weighted by Gasteiger charge is -2.21. The molecule has 32 heavy (non-hydrogen) atoms. The molecule has 0 bridgehead atoms. The number of carbonyl (C=O) groups excluding carboxylic acids is 1. The first-order valence-corrected chi connectivity index (χ1v) is 12.7. The third-order valence-corrected chi connectivity index (χ3v) is 9.17. The molecule has 2 aliphatic heterocycles. The van der Waals surface area contributed by atoms with Gasteiger partial charge in [0.25, 0.3) is 0 Å². The Hall–Kier alpha value is -1.94. The highest BCUT2D eigenvalue weighted by atomic mass is 35.5. The Kier molecular flexibility index (Phi) is 6.37. The fourth-order valence-corrected chi connectivity index (χ4v) is 6.97. The van der Waals surface area contributed by atoms with Gasteiger partial charge in [-0.05, 0) is 50.3 Å². The molecule has 8 nitrogen and oxygen atoms in total. The fraction of sp³-hybridized carbons (Fsp3) is 0.545. The van der Waals surface area contributed by atoms with Crippen LogP contribution in [0.25, 0.3) is 0 Å². The predicted octanol–water partition coefficient (Wildman–Crippen LogP) is 2.58. The quantitative estimate of drug-likeness (QED) is 0.688. The zero-order valence-electron chi connectivity index (χ0n) is 18.9. The SMILES string of the molecule is Cc1ccc(NC(=O)CCN2CC3CN(S(=O)(=O)c4c(C)nn(C)c4C)CC3C2)cc1Cl. The molecular weight excluding hydrogens is 450 g/mol. The summed E-state index contributed by atoms with van der Waals surface area (Å²) in [5, 5.41) is 7.80. The highest BCUT2D eigenvalue weighted by Crippen LogP contribution is 2.35. The van der Waals surface area contributed by atoms with E-state index in [-0.39, 0.29) is 5.91 Å². The second kappa shape index (κ2) is 8.78. The Morgan fingerprint density at radius 2 is 1.81 bits per heavy atom. The zero-order chi connectivity index (χ0) is 23.2. The van der Waals surface area contributed by atoms with E-state index in [2.05, 4.69) is 15.3 Å². The first-order chi connectivity index (χ1) is 15.1. The summed E-state index contributed by atoms with van der Waals surface area (Å²) >= 11 is 6.12. The lowest BCUT2D eigenvalue weighted by molar-refractivity contribution is -0.116. The van der Waals surface area contributed by atoms with Gasteiger partial charge in [0.1, 0.15) is 4.90 Å². The third kappa shape index (κ3) is 4.44. The summed E-state index contributed by atoms with van der Waals surface area (Å²) in [6.07, 6.45) is 0.390. The van der Waals surface area contributed by atoms with Gasteiger partial charge in [0.05, 0.1) is 11.4 Å². The number of aromatic nitrogens is 2. The highest BCUT2D eigenvalue weighted by Gasteiger charge is 2.45. The third-order valence-electron chi connectivity index (χ3n) is 6.68. The topological polar surface area (TPSA) is 87.5 Å². The van der Waals surface area contributed by atoms with Gasteiger partial charge in [0, 0.05) is 56.9 Å². The molecule has 0 saturated carbocycles. The normalized spacial score (nSPS) is 21.8. The molecule has 2 aliphatic rings. The van der Waals surface area contributed by atoms with Gasteiger partial charge in [-0.2, -0.15) is 9.40 Å². The van der Waals surface area contributed by atoms with Crippen molar-refractivity contribution in [3.63, 3.8) is 0 Å². The number of nitrogens with one attached hydrogen (secondary N) is 1. The van der Waals surface area contributed by atoms with Gasteiger partial charge in [-0.3, -0.25) is 9.48 Å². The van der Waals surface area contributed by atoms with Crippen LogP contribution < -0.4 is 5.32 Å². The number of likely N-dealkylation sites (tertiary alicyclic amines) is 1. The van der Waals surface area contributed by atoms with E-state index in [9.17, 15) is 13.2 Å². The average molecular weight is 480 g/mol. The molecule has 1 aromatic carbocycles. The molecule has 174 valence electrons. The van der Waals surface area contributed by atoms with Crippen LogP contribution in [-0.4, -0.2) is 66.0 Å². The van der Waals surface area contributed by atoms with Crippen LogP contribution in [0.5, 0.6) is 0 Å². The Balaban J connectivity index is 1.30. The minimum absolute atomic E-state index is 0.0475. The minimum atomic E-state index is -3.55. The van der Waals surface area contributed by atoms with E-state index in [0.717, 1.165) is 18.7 Å². The number of fused-ring (bicyclic) bond motifs is 1. The molecule has 1 amide bonds. The van der Waals surface area contributed by atoms with Crippen molar-refractivity contribution >= 4 is 33.2 Å². The van der Waals surface area contributed by atoms with Crippen molar-refractivity contribution in [2.24, 2.45) is 18.9 Å². The van der Waals surface area contributed by atoms with E-state index in [0.29, 0.717) is 64.9 Å². The number of amides is 1. The van der Waals surface area contributed by atoms with Crippen LogP contribution in [0.3, 0.4) is 0 Å². The Morgan fingerprint density at radius 1 is 1.16 bits per heavy atom. The molecule has 10 heteroatoms. The maximum absolute atomic E-state index is 13.2. The number of sulfonamides is 1. The van der Waals surface area contributed by atoms with Gasteiger partial charge in [-0.15, -0.1) is 0 Å². The van der Waals surface area contributed by atoms with Crippen molar-refractivity contribution in [2.45, 2.75) is 32.1 Å². The Labute approximate surface area is 194 Å². The number of aryl methyl sites for hydroxylation is 3. The van der Waals surface area contributed by atoms with Crippen LogP contribution in [0.15, 0.2) is 23.1 Å². The second-order valence-corrected chi connectivity index (χ2v) is 11.3. The van der Waals surface area contributed by atoms with Crippen LogP contribution in [0, 0.1) is 32.6 Å². The zero-order valence-corrected chi connectivity index (χ0v) is 20.5. The fourth-order valence-electron chi connectivity index (χ4n) is 4.84. The first kappa shape index (κ1) is 23.2. The summed E-state index contributed by atoms with van der Waals surface area (Å²) in [6, 6.07) is 5.49. The van der Waals surface area contributed by atoms with Gasteiger partial charge in [0.2, 0.25) is 15.9 Å². The van der Waals surface area contributed by atoms with Crippen molar-refractivity contribution in [1.29, 1.82) is 0 Å². The van der Waals surface area contributed by atoms with E-state index in [4.69, 9.17) is 11.6 Å². The number of anilines is 1. The molecule has 1 aromatic heterocycles. The van der Waals surface area contributed by atoms with Crippen LogP contribution in [0.4, 0.5) is 5.69 Å².